The highest BCUT2D eigenvalue weighted by atomic mass is 16.6. The van der Waals surface area contributed by atoms with Crippen LogP contribution in [-0.2, 0) is 4.74 Å². The van der Waals surface area contributed by atoms with Crippen LogP contribution in [0.5, 0.6) is 0 Å². The van der Waals surface area contributed by atoms with E-state index in [1.54, 1.807) is 4.90 Å². The molecule has 5 nitrogen and oxygen atoms in total. The molecule has 1 fully saturated rings. The van der Waals surface area contributed by atoms with Gasteiger partial charge in [-0.25, -0.2) is 4.79 Å². The lowest BCUT2D eigenvalue weighted by Crippen LogP contribution is -2.50. The first-order valence-electron chi connectivity index (χ1n) is 5.94. The third-order valence-electron chi connectivity index (χ3n) is 2.80. The van der Waals surface area contributed by atoms with Crippen molar-refractivity contribution in [2.75, 3.05) is 13.1 Å². The van der Waals surface area contributed by atoms with E-state index < -0.39 is 5.60 Å². The van der Waals surface area contributed by atoms with Gasteiger partial charge in [0, 0.05) is 31.5 Å². The van der Waals surface area contributed by atoms with E-state index in [4.69, 9.17) is 15.7 Å². The SMILES string of the molecule is CC(C)(C)OC(=O)N1CCC(N)C(CC#N)C1. The second-order valence-electron chi connectivity index (χ2n) is 5.50. The number of carbonyl (C=O) groups is 1. The minimum absolute atomic E-state index is 0.00772. The van der Waals surface area contributed by atoms with Crippen LogP contribution in [0.3, 0.4) is 0 Å². The van der Waals surface area contributed by atoms with Crippen LogP contribution in [-0.4, -0.2) is 35.7 Å². The van der Waals surface area contributed by atoms with Crippen molar-refractivity contribution < 1.29 is 9.53 Å². The molecule has 0 aromatic rings. The van der Waals surface area contributed by atoms with Gasteiger partial charge in [-0.05, 0) is 27.2 Å². The molecule has 2 N–H and O–H groups in total. The number of likely N-dealkylation sites (tertiary alicyclic amines) is 1. The van der Waals surface area contributed by atoms with Crippen molar-refractivity contribution >= 4 is 6.09 Å². The van der Waals surface area contributed by atoms with Gasteiger partial charge in [-0.15, -0.1) is 0 Å². The zero-order valence-electron chi connectivity index (χ0n) is 10.8. The summed E-state index contributed by atoms with van der Waals surface area (Å²) in [5, 5.41) is 8.71. The molecular weight excluding hydrogens is 218 g/mol. The number of hydrogen-bond acceptors (Lipinski definition) is 4. The summed E-state index contributed by atoms with van der Waals surface area (Å²) in [5.41, 5.74) is 5.44. The smallest absolute Gasteiger partial charge is 0.410 e. The highest BCUT2D eigenvalue weighted by Gasteiger charge is 2.31. The molecule has 0 aliphatic carbocycles. The Hall–Kier alpha value is -1.28. The normalized spacial score (nSPS) is 25.2. The average Bonchev–Trinajstić information content (AvgIpc) is 2.19. The summed E-state index contributed by atoms with van der Waals surface area (Å²) in [6.07, 6.45) is 0.804. The molecule has 0 spiro atoms. The van der Waals surface area contributed by atoms with Crippen LogP contribution < -0.4 is 5.73 Å². The van der Waals surface area contributed by atoms with Gasteiger partial charge in [-0.3, -0.25) is 0 Å². The molecule has 1 amide bonds. The number of piperidine rings is 1. The van der Waals surface area contributed by atoms with Crippen molar-refractivity contribution in [2.45, 2.75) is 45.3 Å². The third-order valence-corrected chi connectivity index (χ3v) is 2.80. The van der Waals surface area contributed by atoms with Crippen molar-refractivity contribution in [3.8, 4) is 6.07 Å². The largest absolute Gasteiger partial charge is 0.444 e. The molecule has 0 aromatic heterocycles. The van der Waals surface area contributed by atoms with Gasteiger partial charge in [0.2, 0.25) is 0 Å². The zero-order valence-corrected chi connectivity index (χ0v) is 10.8. The van der Waals surface area contributed by atoms with Crippen molar-refractivity contribution in [2.24, 2.45) is 11.7 Å². The molecule has 2 atom stereocenters. The van der Waals surface area contributed by atoms with Crippen LogP contribution in [0.25, 0.3) is 0 Å². The molecule has 1 rings (SSSR count). The standard InChI is InChI=1S/C12H21N3O2/c1-12(2,3)17-11(16)15-7-5-10(14)9(8-15)4-6-13/h9-10H,4-5,7-8,14H2,1-3H3. The van der Waals surface area contributed by atoms with Gasteiger partial charge in [0.15, 0.2) is 0 Å². The molecule has 1 aliphatic heterocycles. The summed E-state index contributed by atoms with van der Waals surface area (Å²) in [7, 11) is 0. The Morgan fingerprint density at radius 1 is 1.59 bits per heavy atom. The first kappa shape index (κ1) is 13.8. The predicted octanol–water partition coefficient (Wildman–Crippen LogP) is 1.48. The Bertz CT molecular complexity index is 317. The van der Waals surface area contributed by atoms with Crippen LogP contribution in [0.15, 0.2) is 0 Å². The Morgan fingerprint density at radius 3 is 2.76 bits per heavy atom. The summed E-state index contributed by atoms with van der Waals surface area (Å²) >= 11 is 0. The lowest BCUT2D eigenvalue weighted by atomic mass is 9.91. The zero-order chi connectivity index (χ0) is 13.1. The first-order valence-corrected chi connectivity index (χ1v) is 5.94. The second-order valence-corrected chi connectivity index (χ2v) is 5.50. The minimum atomic E-state index is -0.485. The third kappa shape index (κ3) is 4.23. The Balaban J connectivity index is 2.56. The Labute approximate surface area is 103 Å². The number of nitriles is 1. The molecule has 17 heavy (non-hydrogen) atoms. The van der Waals surface area contributed by atoms with Crippen LogP contribution >= 0.6 is 0 Å². The van der Waals surface area contributed by atoms with Gasteiger partial charge in [0.25, 0.3) is 0 Å². The fourth-order valence-corrected chi connectivity index (χ4v) is 1.88. The van der Waals surface area contributed by atoms with Gasteiger partial charge in [0.05, 0.1) is 6.07 Å². The lowest BCUT2D eigenvalue weighted by Gasteiger charge is -2.36. The van der Waals surface area contributed by atoms with Crippen molar-refractivity contribution in [3.05, 3.63) is 0 Å². The predicted molar refractivity (Wildman–Crippen MR) is 64.1 cm³/mol. The van der Waals surface area contributed by atoms with E-state index in [1.165, 1.54) is 0 Å². The van der Waals surface area contributed by atoms with Crippen LogP contribution in [0.4, 0.5) is 4.79 Å². The Morgan fingerprint density at radius 2 is 2.24 bits per heavy atom. The summed E-state index contributed by atoms with van der Waals surface area (Å²) in [6.45, 7) is 6.65. The van der Waals surface area contributed by atoms with E-state index in [-0.39, 0.29) is 18.1 Å². The molecule has 0 aromatic carbocycles. The molecular formula is C12H21N3O2. The maximum Gasteiger partial charge on any atom is 0.410 e. The first-order chi connectivity index (χ1) is 7.83. The number of nitrogens with zero attached hydrogens (tertiary/aromatic N) is 2. The molecule has 96 valence electrons. The number of carbonyl (C=O) groups excluding carboxylic acids is 1. The van der Waals surface area contributed by atoms with Gasteiger partial charge in [-0.1, -0.05) is 0 Å². The fourth-order valence-electron chi connectivity index (χ4n) is 1.88. The van der Waals surface area contributed by atoms with E-state index in [1.807, 2.05) is 20.8 Å². The molecule has 1 aliphatic rings. The van der Waals surface area contributed by atoms with Gasteiger partial charge in [-0.2, -0.15) is 5.26 Å². The molecule has 0 bridgehead atoms. The maximum atomic E-state index is 11.9. The molecule has 1 heterocycles. The number of hydrogen-bond donors (Lipinski definition) is 1. The van der Waals surface area contributed by atoms with E-state index >= 15 is 0 Å². The van der Waals surface area contributed by atoms with Crippen LogP contribution in [0, 0.1) is 17.2 Å². The molecule has 2 unspecified atom stereocenters. The van der Waals surface area contributed by atoms with Crippen molar-refractivity contribution in [1.82, 2.24) is 4.90 Å². The van der Waals surface area contributed by atoms with E-state index in [0.29, 0.717) is 19.5 Å². The highest BCUT2D eigenvalue weighted by molar-refractivity contribution is 5.68. The van der Waals surface area contributed by atoms with Crippen molar-refractivity contribution in [3.63, 3.8) is 0 Å². The average molecular weight is 239 g/mol. The number of nitrogens with two attached hydrogens (primary N) is 1. The number of amides is 1. The quantitative estimate of drug-likeness (QED) is 0.751. The summed E-state index contributed by atoms with van der Waals surface area (Å²) in [6, 6.07) is 2.12. The molecule has 1 saturated heterocycles. The van der Waals surface area contributed by atoms with E-state index in [2.05, 4.69) is 6.07 Å². The minimum Gasteiger partial charge on any atom is -0.444 e. The molecule has 5 heteroatoms. The topological polar surface area (TPSA) is 79.3 Å². The fraction of sp³-hybridized carbons (Fsp3) is 0.833. The molecule has 0 saturated carbocycles. The van der Waals surface area contributed by atoms with Gasteiger partial charge >= 0.3 is 6.09 Å². The van der Waals surface area contributed by atoms with Crippen molar-refractivity contribution in [1.29, 1.82) is 5.26 Å². The second kappa shape index (κ2) is 5.37. The maximum absolute atomic E-state index is 11.9. The molecule has 0 radical (unpaired) electrons. The lowest BCUT2D eigenvalue weighted by molar-refractivity contribution is 0.0151. The summed E-state index contributed by atoms with van der Waals surface area (Å²) in [5.74, 6) is 0.0567. The van der Waals surface area contributed by atoms with Crippen LogP contribution in [0.1, 0.15) is 33.6 Å². The monoisotopic (exact) mass is 239 g/mol. The van der Waals surface area contributed by atoms with Crippen LogP contribution in [0.2, 0.25) is 0 Å². The van der Waals surface area contributed by atoms with E-state index in [9.17, 15) is 4.79 Å². The summed E-state index contributed by atoms with van der Waals surface area (Å²) < 4.78 is 5.30. The number of ether oxygens (including phenoxy) is 1. The van der Waals surface area contributed by atoms with Gasteiger partial charge in [0.1, 0.15) is 5.60 Å². The van der Waals surface area contributed by atoms with Gasteiger partial charge < -0.3 is 15.4 Å². The number of rotatable bonds is 1. The van der Waals surface area contributed by atoms with E-state index in [0.717, 1.165) is 6.42 Å². The summed E-state index contributed by atoms with van der Waals surface area (Å²) in [4.78, 5) is 13.5. The highest BCUT2D eigenvalue weighted by Crippen LogP contribution is 2.20. The Kier molecular flexibility index (Phi) is 4.35.